The van der Waals surface area contributed by atoms with E-state index in [1.54, 1.807) is 22.9 Å². The molecule has 0 amide bonds. The highest BCUT2D eigenvalue weighted by atomic mass is 35.5. The van der Waals surface area contributed by atoms with Gasteiger partial charge in [-0.05, 0) is 75.0 Å². The molecule has 1 N–H and O–H groups in total. The van der Waals surface area contributed by atoms with Gasteiger partial charge >= 0.3 is 0 Å². The molecule has 0 spiro atoms. The first-order valence-corrected chi connectivity index (χ1v) is 13.2. The Bertz CT molecular complexity index is 1790. The molecule has 0 aliphatic heterocycles. The summed E-state index contributed by atoms with van der Waals surface area (Å²) in [7, 11) is 0. The third kappa shape index (κ3) is 6.83. The van der Waals surface area contributed by atoms with Crippen molar-refractivity contribution in [2.45, 2.75) is 35.1 Å². The molecule has 15 heteroatoms. The second-order valence-electron chi connectivity index (χ2n) is 8.39. The average Bonchev–Trinajstić information content (AvgIpc) is 3.66. The quantitative estimate of drug-likeness (QED) is 0.161. The molecule has 0 atom stereocenters. The van der Waals surface area contributed by atoms with Crippen LogP contribution in [0.4, 0.5) is 11.4 Å². The zero-order chi connectivity index (χ0) is 28.3. The summed E-state index contributed by atoms with van der Waals surface area (Å²) < 4.78 is 11.7. The van der Waals surface area contributed by atoms with E-state index in [1.807, 2.05) is 39.8 Å². The zero-order valence-corrected chi connectivity index (χ0v) is 23.5. The largest absolute Gasteiger partial charge is 0.283 e. The van der Waals surface area contributed by atoms with Gasteiger partial charge < -0.3 is 0 Å². The summed E-state index contributed by atoms with van der Waals surface area (Å²) in [5.74, 6) is 0.648. The van der Waals surface area contributed by atoms with E-state index in [1.165, 1.54) is 41.3 Å². The van der Waals surface area contributed by atoms with Crippen LogP contribution in [-0.2, 0) is 0 Å². The van der Waals surface area contributed by atoms with Crippen molar-refractivity contribution in [3.05, 3.63) is 96.7 Å². The molecule has 0 aliphatic rings. The number of benzene rings is 2. The first-order valence-electron chi connectivity index (χ1n) is 11.3. The van der Waals surface area contributed by atoms with Crippen LogP contribution in [0.2, 0.25) is 5.15 Å². The van der Waals surface area contributed by atoms with Gasteiger partial charge in [0.2, 0.25) is 0 Å². The van der Waals surface area contributed by atoms with Gasteiger partial charge in [0.05, 0.1) is 30.6 Å². The molecule has 6 rings (SSSR count). The molecule has 0 bridgehead atoms. The Labute approximate surface area is 241 Å². The van der Waals surface area contributed by atoms with Gasteiger partial charge in [-0.15, -0.1) is 0 Å². The lowest BCUT2D eigenvalue weighted by Crippen LogP contribution is -1.99. The van der Waals surface area contributed by atoms with Crippen LogP contribution in [0.5, 0.6) is 0 Å². The van der Waals surface area contributed by atoms with Gasteiger partial charge in [0.25, 0.3) is 11.4 Å². The van der Waals surface area contributed by atoms with E-state index in [2.05, 4.69) is 24.0 Å². The van der Waals surface area contributed by atoms with E-state index < -0.39 is 9.85 Å². The fourth-order valence-electron chi connectivity index (χ4n) is 3.59. The second-order valence-corrected chi connectivity index (χ2v) is 10.4. The van der Waals surface area contributed by atoms with Gasteiger partial charge in [0, 0.05) is 46.4 Å². The lowest BCUT2D eigenvalue weighted by molar-refractivity contribution is -0.384. The van der Waals surface area contributed by atoms with E-state index in [4.69, 9.17) is 11.6 Å². The Morgan fingerprint density at radius 3 is 1.88 bits per heavy atom. The number of nitrogens with one attached hydrogen (secondary N) is 1. The van der Waals surface area contributed by atoms with Crippen LogP contribution in [0.3, 0.4) is 0 Å². The fourth-order valence-corrected chi connectivity index (χ4v) is 5.30. The number of nitro benzene ring substituents is 2. The van der Waals surface area contributed by atoms with Crippen molar-refractivity contribution in [2.24, 2.45) is 0 Å². The molecular formula is C25H25ClN8O4S2. The molecule has 12 nitrogen and oxygen atoms in total. The minimum atomic E-state index is -0.451. The van der Waals surface area contributed by atoms with E-state index in [9.17, 15) is 20.2 Å². The Kier molecular flexibility index (Phi) is 9.63. The minimum absolute atomic E-state index is 0. The van der Waals surface area contributed by atoms with Crippen LogP contribution in [-0.4, -0.2) is 38.6 Å². The Hall–Kier alpha value is -4.27. The predicted octanol–water partition coefficient (Wildman–Crippen LogP) is 7.53. The van der Waals surface area contributed by atoms with Crippen LogP contribution in [0, 0.1) is 47.9 Å². The number of non-ortho nitro benzene ring substituents is 2. The Balaban J connectivity index is 0.000000182. The lowest BCUT2D eigenvalue weighted by atomic mass is 10.2. The summed E-state index contributed by atoms with van der Waals surface area (Å²) in [6, 6.07) is 13.2. The van der Waals surface area contributed by atoms with Gasteiger partial charge in [-0.3, -0.25) is 25.3 Å². The Morgan fingerprint density at radius 1 is 0.825 bits per heavy atom. The number of nitro groups is 2. The molecule has 4 aromatic heterocycles. The van der Waals surface area contributed by atoms with Gasteiger partial charge in [-0.1, -0.05) is 19.0 Å². The topological polar surface area (TPSA) is 159 Å². The van der Waals surface area contributed by atoms with Crippen molar-refractivity contribution in [1.82, 2.24) is 28.7 Å². The summed E-state index contributed by atoms with van der Waals surface area (Å²) >= 11 is 8.27. The number of fused-ring (bicyclic) bond motifs is 2. The van der Waals surface area contributed by atoms with Crippen LogP contribution in [0.25, 0.3) is 26.0 Å². The molecule has 0 unspecified atom stereocenters. The van der Waals surface area contributed by atoms with Crippen LogP contribution in [0.1, 0.15) is 30.2 Å². The maximum atomic E-state index is 10.9. The molecule has 6 aromatic rings. The van der Waals surface area contributed by atoms with Crippen molar-refractivity contribution >= 4 is 66.2 Å². The maximum absolute atomic E-state index is 10.9. The number of rotatable bonds is 3. The van der Waals surface area contributed by atoms with Crippen LogP contribution < -0.4 is 0 Å². The third-order valence-corrected chi connectivity index (χ3v) is 7.34. The van der Waals surface area contributed by atoms with Crippen molar-refractivity contribution in [2.75, 3.05) is 0 Å². The van der Waals surface area contributed by atoms with Gasteiger partial charge in [0.1, 0.15) is 0 Å². The van der Waals surface area contributed by atoms with Gasteiger partial charge in [-0.25, -0.2) is 4.68 Å². The number of hydrogen-bond donors (Lipinski definition) is 1. The number of halogens is 1. The summed E-state index contributed by atoms with van der Waals surface area (Å²) in [6.07, 6.45) is 0. The molecule has 0 saturated carbocycles. The number of aryl methyl sites for hydroxylation is 4. The third-order valence-electron chi connectivity index (χ3n) is 5.31. The first kappa shape index (κ1) is 30.3. The summed E-state index contributed by atoms with van der Waals surface area (Å²) in [6.45, 7) is 7.78. The first-order chi connectivity index (χ1) is 18.5. The number of aromatic amines is 1. The standard InChI is InChI=1S/C12H10N4O2S.C7H3ClN2O2S.C5H8N2.CH4/c1-7-5-8(2)15(13-7)12-10-6-9(16(17)18)3-4-11(10)19-14-12;8-7-5-3-4(10(11)12)1-2-6(5)13-9-7;1-4-3-5(2)7-6-4;/h3-6H,1-2H3;1-3H;3H,1-2H3,(H,6,7);1H4. The SMILES string of the molecule is C.Cc1cc(C)[nH]n1.Cc1cc(C)n(-c2nsc3ccc([N+](=O)[O-])cc23)n1.O=[N+]([O-])c1ccc2snc(Cl)c2c1. The smallest absolute Gasteiger partial charge is 0.270 e. The molecule has 208 valence electrons. The van der Waals surface area contributed by atoms with Crippen molar-refractivity contribution < 1.29 is 9.85 Å². The van der Waals surface area contributed by atoms with Crippen molar-refractivity contribution in [3.8, 4) is 5.82 Å². The van der Waals surface area contributed by atoms with E-state index in [-0.39, 0.29) is 18.8 Å². The summed E-state index contributed by atoms with van der Waals surface area (Å²) in [4.78, 5) is 20.4. The highest BCUT2D eigenvalue weighted by Crippen LogP contribution is 2.30. The summed E-state index contributed by atoms with van der Waals surface area (Å²) in [5.41, 5.74) is 4.13. The minimum Gasteiger partial charge on any atom is -0.283 e. The maximum Gasteiger partial charge on any atom is 0.270 e. The molecular weight excluding hydrogens is 576 g/mol. The highest BCUT2D eigenvalue weighted by molar-refractivity contribution is 7.14. The monoisotopic (exact) mass is 600 g/mol. The molecule has 0 fully saturated rings. The lowest BCUT2D eigenvalue weighted by Gasteiger charge is -2.00. The fraction of sp³-hybridized carbons (Fsp3) is 0.200. The zero-order valence-electron chi connectivity index (χ0n) is 21.1. The van der Waals surface area contributed by atoms with Crippen molar-refractivity contribution in [1.29, 1.82) is 0 Å². The van der Waals surface area contributed by atoms with Gasteiger partial charge in [-0.2, -0.15) is 18.9 Å². The number of H-pyrrole nitrogens is 1. The predicted molar refractivity (Wildman–Crippen MR) is 159 cm³/mol. The molecule has 40 heavy (non-hydrogen) atoms. The Morgan fingerprint density at radius 2 is 1.40 bits per heavy atom. The number of aromatic nitrogens is 6. The molecule has 2 aromatic carbocycles. The van der Waals surface area contributed by atoms with Crippen LogP contribution >= 0.6 is 34.7 Å². The van der Waals surface area contributed by atoms with E-state index >= 15 is 0 Å². The average molecular weight is 601 g/mol. The molecule has 0 radical (unpaired) electrons. The molecule has 0 saturated heterocycles. The second kappa shape index (κ2) is 12.7. The molecule has 4 heterocycles. The van der Waals surface area contributed by atoms with Gasteiger partial charge in [0.15, 0.2) is 11.0 Å². The van der Waals surface area contributed by atoms with E-state index in [0.29, 0.717) is 16.4 Å². The normalized spacial score (nSPS) is 10.3. The van der Waals surface area contributed by atoms with Crippen LogP contribution in [0.15, 0.2) is 48.5 Å². The number of hydrogen-bond acceptors (Lipinski definition) is 10. The molecule has 0 aliphatic carbocycles. The van der Waals surface area contributed by atoms with Crippen molar-refractivity contribution in [3.63, 3.8) is 0 Å². The summed E-state index contributed by atoms with van der Waals surface area (Å²) in [5, 5.41) is 34.1. The van der Waals surface area contributed by atoms with E-state index in [0.717, 1.165) is 37.6 Å². The number of nitrogens with zero attached hydrogens (tertiary/aromatic N) is 7. The highest BCUT2D eigenvalue weighted by Gasteiger charge is 2.15.